The minimum atomic E-state index is 0.357. The summed E-state index contributed by atoms with van der Waals surface area (Å²) in [6.45, 7) is 7.56. The fourth-order valence-electron chi connectivity index (χ4n) is 4.29. The first kappa shape index (κ1) is 13.4. The topological polar surface area (TPSA) is 32.3 Å². The van der Waals surface area contributed by atoms with Crippen LogP contribution in [0.15, 0.2) is 0 Å². The van der Waals surface area contributed by atoms with Gasteiger partial charge in [0.2, 0.25) is 5.91 Å². The van der Waals surface area contributed by atoms with Crippen LogP contribution in [0.1, 0.15) is 46.0 Å². The highest BCUT2D eigenvalue weighted by Crippen LogP contribution is 2.58. The van der Waals surface area contributed by atoms with Crippen molar-refractivity contribution in [1.29, 1.82) is 0 Å². The third-order valence-electron chi connectivity index (χ3n) is 5.45. The van der Waals surface area contributed by atoms with Crippen LogP contribution in [0, 0.1) is 23.7 Å². The van der Waals surface area contributed by atoms with Crippen molar-refractivity contribution in [1.82, 2.24) is 10.2 Å². The highest BCUT2D eigenvalue weighted by atomic mass is 16.2. The van der Waals surface area contributed by atoms with Crippen LogP contribution in [0.2, 0.25) is 0 Å². The van der Waals surface area contributed by atoms with Crippen LogP contribution in [-0.2, 0) is 4.79 Å². The number of carbonyl (C=O) groups excluding carboxylic acids is 1. The predicted molar refractivity (Wildman–Crippen MR) is 76.8 cm³/mol. The van der Waals surface area contributed by atoms with Crippen molar-refractivity contribution >= 4 is 5.91 Å². The summed E-state index contributed by atoms with van der Waals surface area (Å²) in [5, 5.41) is 3.46. The molecule has 3 unspecified atom stereocenters. The van der Waals surface area contributed by atoms with Crippen molar-refractivity contribution in [3.8, 4) is 0 Å². The minimum absolute atomic E-state index is 0.357. The van der Waals surface area contributed by atoms with Gasteiger partial charge in [-0.05, 0) is 70.4 Å². The monoisotopic (exact) mass is 264 g/mol. The maximum atomic E-state index is 12.7. The third kappa shape index (κ3) is 2.67. The van der Waals surface area contributed by atoms with Gasteiger partial charge in [0.25, 0.3) is 0 Å². The lowest BCUT2D eigenvalue weighted by atomic mass is 9.98. The molecule has 2 aliphatic carbocycles. The molecule has 0 aromatic rings. The van der Waals surface area contributed by atoms with Crippen molar-refractivity contribution in [2.24, 2.45) is 23.7 Å². The second-order valence-electron chi connectivity index (χ2n) is 7.08. The highest BCUT2D eigenvalue weighted by Gasteiger charge is 2.57. The number of rotatable bonds is 4. The van der Waals surface area contributed by atoms with Crippen LogP contribution in [0.4, 0.5) is 0 Å². The molecular formula is C16H28N2O. The zero-order chi connectivity index (χ0) is 13.4. The Morgan fingerprint density at radius 2 is 1.95 bits per heavy atom. The van der Waals surface area contributed by atoms with E-state index in [1.54, 1.807) is 0 Å². The van der Waals surface area contributed by atoms with Crippen molar-refractivity contribution in [2.75, 3.05) is 19.6 Å². The van der Waals surface area contributed by atoms with E-state index in [9.17, 15) is 4.79 Å². The molecule has 3 rings (SSSR count). The molecule has 1 N–H and O–H groups in total. The van der Waals surface area contributed by atoms with Gasteiger partial charge in [0.1, 0.15) is 0 Å². The molecule has 1 heterocycles. The van der Waals surface area contributed by atoms with Gasteiger partial charge in [0, 0.05) is 18.5 Å². The largest absolute Gasteiger partial charge is 0.340 e. The maximum absolute atomic E-state index is 12.7. The molecule has 3 atom stereocenters. The van der Waals surface area contributed by atoms with Gasteiger partial charge in [-0.2, -0.15) is 0 Å². The second kappa shape index (κ2) is 5.43. The molecule has 0 bridgehead atoms. The first-order valence-electron chi connectivity index (χ1n) is 8.19. The second-order valence-corrected chi connectivity index (χ2v) is 7.08. The van der Waals surface area contributed by atoms with Crippen molar-refractivity contribution < 1.29 is 4.79 Å². The molecule has 19 heavy (non-hydrogen) atoms. The van der Waals surface area contributed by atoms with Gasteiger partial charge < -0.3 is 10.2 Å². The van der Waals surface area contributed by atoms with E-state index in [1.807, 2.05) is 0 Å². The molecule has 3 aliphatic rings. The third-order valence-corrected chi connectivity index (χ3v) is 5.45. The number of fused-ring (bicyclic) bond motifs is 1. The number of nitrogens with one attached hydrogen (secondary N) is 1. The molecule has 3 nitrogen and oxygen atoms in total. The van der Waals surface area contributed by atoms with Crippen molar-refractivity contribution in [2.45, 2.75) is 52.0 Å². The molecule has 108 valence electrons. The summed E-state index contributed by atoms with van der Waals surface area (Å²) in [6, 6.07) is 0.357. The Balaban J connectivity index is 1.59. The molecule has 3 fully saturated rings. The zero-order valence-corrected chi connectivity index (χ0v) is 12.4. The van der Waals surface area contributed by atoms with E-state index >= 15 is 0 Å². The standard InChI is InChI=1S/C16H28N2O/c1-11(2)18(10-12-5-4-8-17-9-12)16(19)15-13-6-3-7-14(13)15/h11-15,17H,3-10H2,1-2H3. The fourth-order valence-corrected chi connectivity index (χ4v) is 4.29. The Kier molecular flexibility index (Phi) is 3.84. The number of piperidine rings is 1. The van der Waals surface area contributed by atoms with Crippen molar-refractivity contribution in [3.63, 3.8) is 0 Å². The first-order chi connectivity index (χ1) is 9.18. The maximum Gasteiger partial charge on any atom is 0.226 e. The molecule has 0 aromatic carbocycles. The van der Waals surface area contributed by atoms with Crippen LogP contribution in [0.5, 0.6) is 0 Å². The average molecular weight is 264 g/mol. The quantitative estimate of drug-likeness (QED) is 0.845. The first-order valence-corrected chi connectivity index (χ1v) is 8.19. The summed E-state index contributed by atoms with van der Waals surface area (Å²) < 4.78 is 0. The molecule has 1 saturated heterocycles. The lowest BCUT2D eigenvalue weighted by Gasteiger charge is -2.33. The van der Waals surface area contributed by atoms with E-state index in [0.29, 0.717) is 23.8 Å². The lowest BCUT2D eigenvalue weighted by Crippen LogP contribution is -2.45. The Hall–Kier alpha value is -0.570. The number of hydrogen-bond donors (Lipinski definition) is 1. The van der Waals surface area contributed by atoms with Crippen LogP contribution in [0.3, 0.4) is 0 Å². The van der Waals surface area contributed by atoms with Gasteiger partial charge in [-0.3, -0.25) is 4.79 Å². The van der Waals surface area contributed by atoms with E-state index in [1.165, 1.54) is 32.1 Å². The van der Waals surface area contributed by atoms with Gasteiger partial charge in [0.05, 0.1) is 0 Å². The molecule has 1 aliphatic heterocycles. The number of carbonyl (C=O) groups is 1. The summed E-state index contributed by atoms with van der Waals surface area (Å²) in [5.74, 6) is 3.03. The van der Waals surface area contributed by atoms with E-state index in [2.05, 4.69) is 24.1 Å². The van der Waals surface area contributed by atoms with Crippen LogP contribution >= 0.6 is 0 Å². The minimum Gasteiger partial charge on any atom is -0.340 e. The normalized spacial score (nSPS) is 37.2. The van der Waals surface area contributed by atoms with Gasteiger partial charge in [0.15, 0.2) is 0 Å². The summed E-state index contributed by atoms with van der Waals surface area (Å²) in [6.07, 6.45) is 6.50. The van der Waals surface area contributed by atoms with Crippen LogP contribution in [0.25, 0.3) is 0 Å². The van der Waals surface area contributed by atoms with Crippen LogP contribution in [-0.4, -0.2) is 36.5 Å². The summed E-state index contributed by atoms with van der Waals surface area (Å²) in [7, 11) is 0. The molecule has 0 spiro atoms. The van der Waals surface area contributed by atoms with Gasteiger partial charge in [-0.25, -0.2) is 0 Å². The summed E-state index contributed by atoms with van der Waals surface area (Å²) in [4.78, 5) is 14.9. The lowest BCUT2D eigenvalue weighted by molar-refractivity contribution is -0.136. The molecule has 0 radical (unpaired) electrons. The van der Waals surface area contributed by atoms with Gasteiger partial charge in [-0.1, -0.05) is 6.42 Å². The average Bonchev–Trinajstić information content (AvgIpc) is 2.89. The Morgan fingerprint density at radius 3 is 2.53 bits per heavy atom. The van der Waals surface area contributed by atoms with E-state index in [-0.39, 0.29) is 0 Å². The number of nitrogens with zero attached hydrogens (tertiary/aromatic N) is 1. The number of amides is 1. The fraction of sp³-hybridized carbons (Fsp3) is 0.938. The summed E-state index contributed by atoms with van der Waals surface area (Å²) >= 11 is 0. The molecule has 2 saturated carbocycles. The zero-order valence-electron chi connectivity index (χ0n) is 12.4. The molecule has 3 heteroatoms. The predicted octanol–water partition coefficient (Wildman–Crippen LogP) is 2.27. The Bertz CT molecular complexity index is 326. The SMILES string of the molecule is CC(C)N(CC1CCCNC1)C(=O)C1C2CCCC21. The smallest absolute Gasteiger partial charge is 0.226 e. The number of hydrogen-bond acceptors (Lipinski definition) is 2. The summed E-state index contributed by atoms with van der Waals surface area (Å²) in [5.41, 5.74) is 0. The molecule has 0 aromatic heterocycles. The van der Waals surface area contributed by atoms with E-state index in [0.717, 1.165) is 31.5 Å². The molecule has 1 amide bonds. The van der Waals surface area contributed by atoms with E-state index < -0.39 is 0 Å². The van der Waals surface area contributed by atoms with Gasteiger partial charge >= 0.3 is 0 Å². The van der Waals surface area contributed by atoms with Crippen molar-refractivity contribution in [3.05, 3.63) is 0 Å². The molecular weight excluding hydrogens is 236 g/mol. The van der Waals surface area contributed by atoms with Crippen LogP contribution < -0.4 is 5.32 Å². The highest BCUT2D eigenvalue weighted by molar-refractivity contribution is 5.82. The Morgan fingerprint density at radius 1 is 1.21 bits per heavy atom. The van der Waals surface area contributed by atoms with E-state index in [4.69, 9.17) is 0 Å². The Labute approximate surface area is 117 Å². The van der Waals surface area contributed by atoms with Gasteiger partial charge in [-0.15, -0.1) is 0 Å².